The largest absolute Gasteiger partial charge is 0.392 e. The standard InChI is InChI=1S/C14H18ClN3OS/c15-10-6-7-11(17-8-10)14(19)18-12(13(16)20)9-4-2-1-3-5-9/h6-9,12H,1-5H2,(H2,16,20)(H,18,19). The Hall–Kier alpha value is -1.20. The van der Waals surface area contributed by atoms with Crippen molar-refractivity contribution in [2.45, 2.75) is 38.1 Å². The molecule has 6 heteroatoms. The van der Waals surface area contributed by atoms with Crippen LogP contribution in [0.1, 0.15) is 42.6 Å². The first-order chi connectivity index (χ1) is 9.58. The van der Waals surface area contributed by atoms with E-state index in [1.54, 1.807) is 12.1 Å². The first-order valence-electron chi connectivity index (χ1n) is 6.79. The fourth-order valence-corrected chi connectivity index (χ4v) is 2.98. The highest BCUT2D eigenvalue weighted by Gasteiger charge is 2.27. The first-order valence-corrected chi connectivity index (χ1v) is 7.58. The Kier molecular flexibility index (Phi) is 5.31. The maximum absolute atomic E-state index is 12.2. The van der Waals surface area contributed by atoms with Crippen LogP contribution >= 0.6 is 23.8 Å². The van der Waals surface area contributed by atoms with Gasteiger partial charge in [0.15, 0.2) is 0 Å². The van der Waals surface area contributed by atoms with Crippen LogP contribution in [0.3, 0.4) is 0 Å². The second-order valence-electron chi connectivity index (χ2n) is 5.11. The van der Waals surface area contributed by atoms with Crippen molar-refractivity contribution in [3.05, 3.63) is 29.0 Å². The lowest BCUT2D eigenvalue weighted by atomic mass is 9.84. The summed E-state index contributed by atoms with van der Waals surface area (Å²) < 4.78 is 0. The van der Waals surface area contributed by atoms with Crippen LogP contribution in [0.5, 0.6) is 0 Å². The topological polar surface area (TPSA) is 68.0 Å². The van der Waals surface area contributed by atoms with Gasteiger partial charge in [-0.25, -0.2) is 4.98 Å². The van der Waals surface area contributed by atoms with Crippen molar-refractivity contribution in [3.63, 3.8) is 0 Å². The zero-order valence-corrected chi connectivity index (χ0v) is 12.7. The van der Waals surface area contributed by atoms with Gasteiger partial charge in [-0.3, -0.25) is 4.79 Å². The summed E-state index contributed by atoms with van der Waals surface area (Å²) in [5.74, 6) is 0.0718. The predicted molar refractivity (Wildman–Crippen MR) is 83.9 cm³/mol. The minimum atomic E-state index is -0.259. The Morgan fingerprint density at radius 3 is 2.65 bits per heavy atom. The molecule has 1 heterocycles. The average molecular weight is 312 g/mol. The summed E-state index contributed by atoms with van der Waals surface area (Å²) >= 11 is 10.9. The van der Waals surface area contributed by atoms with Crippen molar-refractivity contribution in [3.8, 4) is 0 Å². The van der Waals surface area contributed by atoms with Gasteiger partial charge in [-0.05, 0) is 30.9 Å². The van der Waals surface area contributed by atoms with E-state index >= 15 is 0 Å². The number of thiocarbonyl (C=S) groups is 1. The number of nitrogens with zero attached hydrogens (tertiary/aromatic N) is 1. The number of pyridine rings is 1. The summed E-state index contributed by atoms with van der Waals surface area (Å²) in [6.07, 6.45) is 7.13. The number of hydrogen-bond donors (Lipinski definition) is 2. The summed E-state index contributed by atoms with van der Waals surface area (Å²) in [6.45, 7) is 0. The molecular formula is C14H18ClN3OS. The molecule has 3 N–H and O–H groups in total. The molecule has 0 saturated heterocycles. The normalized spacial score (nSPS) is 17.4. The molecule has 2 rings (SSSR count). The van der Waals surface area contributed by atoms with Crippen molar-refractivity contribution in [1.82, 2.24) is 10.3 Å². The van der Waals surface area contributed by atoms with Gasteiger partial charge in [-0.15, -0.1) is 0 Å². The van der Waals surface area contributed by atoms with Crippen LogP contribution in [0, 0.1) is 5.92 Å². The molecule has 1 aliphatic carbocycles. The molecule has 1 aromatic heterocycles. The van der Waals surface area contributed by atoms with E-state index in [0.29, 0.717) is 21.6 Å². The Morgan fingerprint density at radius 2 is 2.10 bits per heavy atom. The van der Waals surface area contributed by atoms with E-state index < -0.39 is 0 Å². The third-order valence-electron chi connectivity index (χ3n) is 3.67. The summed E-state index contributed by atoms with van der Waals surface area (Å²) in [5, 5.41) is 3.41. The van der Waals surface area contributed by atoms with Gasteiger partial charge in [-0.1, -0.05) is 43.1 Å². The number of rotatable bonds is 4. The molecule has 1 aliphatic rings. The lowest BCUT2D eigenvalue weighted by molar-refractivity contribution is 0.0927. The Labute approximate surface area is 129 Å². The number of aromatic nitrogens is 1. The second kappa shape index (κ2) is 6.99. The summed E-state index contributed by atoms with van der Waals surface area (Å²) in [7, 11) is 0. The van der Waals surface area contributed by atoms with Crippen LogP contribution in [0.15, 0.2) is 18.3 Å². The maximum Gasteiger partial charge on any atom is 0.270 e. The molecule has 1 fully saturated rings. The number of nitrogens with two attached hydrogens (primary N) is 1. The predicted octanol–water partition coefficient (Wildman–Crippen LogP) is 2.70. The van der Waals surface area contributed by atoms with E-state index in [0.717, 1.165) is 12.8 Å². The molecule has 1 atom stereocenters. The average Bonchev–Trinajstić information content (AvgIpc) is 2.46. The SMILES string of the molecule is NC(=S)C(NC(=O)c1ccc(Cl)cn1)C1CCCCC1. The van der Waals surface area contributed by atoms with Crippen LogP contribution in [0.4, 0.5) is 0 Å². The summed E-state index contributed by atoms with van der Waals surface area (Å²) in [5.41, 5.74) is 6.12. The van der Waals surface area contributed by atoms with E-state index in [1.165, 1.54) is 25.5 Å². The minimum Gasteiger partial charge on any atom is -0.392 e. The molecular weight excluding hydrogens is 294 g/mol. The van der Waals surface area contributed by atoms with Gasteiger partial charge >= 0.3 is 0 Å². The molecule has 20 heavy (non-hydrogen) atoms. The lowest BCUT2D eigenvalue weighted by Gasteiger charge is -2.30. The maximum atomic E-state index is 12.2. The highest BCUT2D eigenvalue weighted by Crippen LogP contribution is 2.26. The monoisotopic (exact) mass is 311 g/mol. The second-order valence-corrected chi connectivity index (χ2v) is 6.02. The van der Waals surface area contributed by atoms with Gasteiger partial charge in [0.1, 0.15) is 5.69 Å². The van der Waals surface area contributed by atoms with Crippen LogP contribution < -0.4 is 11.1 Å². The van der Waals surface area contributed by atoms with Gasteiger partial charge < -0.3 is 11.1 Å². The van der Waals surface area contributed by atoms with Gasteiger partial charge in [0.2, 0.25) is 0 Å². The third kappa shape index (κ3) is 3.90. The highest BCUT2D eigenvalue weighted by atomic mass is 35.5. The minimum absolute atomic E-state index is 0.254. The molecule has 0 aromatic carbocycles. The summed E-state index contributed by atoms with van der Waals surface area (Å²) in [6, 6.07) is 2.98. The Morgan fingerprint density at radius 1 is 1.40 bits per heavy atom. The van der Waals surface area contributed by atoms with E-state index in [1.807, 2.05) is 0 Å². The zero-order chi connectivity index (χ0) is 14.5. The number of carbonyl (C=O) groups excluding carboxylic acids is 1. The van der Waals surface area contributed by atoms with Gasteiger partial charge in [-0.2, -0.15) is 0 Å². The molecule has 1 aromatic rings. The van der Waals surface area contributed by atoms with Gasteiger partial charge in [0, 0.05) is 6.20 Å². The van der Waals surface area contributed by atoms with Crippen LogP contribution in [-0.4, -0.2) is 21.9 Å². The van der Waals surface area contributed by atoms with E-state index in [9.17, 15) is 4.79 Å². The Bertz CT molecular complexity index is 486. The lowest BCUT2D eigenvalue weighted by Crippen LogP contribution is -2.49. The molecule has 0 aliphatic heterocycles. The van der Waals surface area contributed by atoms with Gasteiger partial charge in [0.05, 0.1) is 16.1 Å². The molecule has 108 valence electrons. The van der Waals surface area contributed by atoms with E-state index in [4.69, 9.17) is 29.6 Å². The molecule has 0 bridgehead atoms. The molecule has 0 radical (unpaired) electrons. The number of amides is 1. The fraction of sp³-hybridized carbons (Fsp3) is 0.500. The van der Waals surface area contributed by atoms with Crippen molar-refractivity contribution < 1.29 is 4.79 Å². The molecule has 1 unspecified atom stereocenters. The van der Waals surface area contributed by atoms with Crippen molar-refractivity contribution >= 4 is 34.7 Å². The zero-order valence-electron chi connectivity index (χ0n) is 11.1. The molecule has 1 amide bonds. The van der Waals surface area contributed by atoms with E-state index in [2.05, 4.69) is 10.3 Å². The third-order valence-corrected chi connectivity index (χ3v) is 4.15. The van der Waals surface area contributed by atoms with Crippen LogP contribution in [0.25, 0.3) is 0 Å². The summed E-state index contributed by atoms with van der Waals surface area (Å²) in [4.78, 5) is 16.5. The Balaban J connectivity index is 2.05. The smallest absolute Gasteiger partial charge is 0.270 e. The molecule has 0 spiro atoms. The van der Waals surface area contributed by atoms with Gasteiger partial charge in [0.25, 0.3) is 5.91 Å². The van der Waals surface area contributed by atoms with E-state index in [-0.39, 0.29) is 11.9 Å². The highest BCUT2D eigenvalue weighted by molar-refractivity contribution is 7.80. The van der Waals surface area contributed by atoms with Crippen LogP contribution in [-0.2, 0) is 0 Å². The van der Waals surface area contributed by atoms with Crippen molar-refractivity contribution in [2.75, 3.05) is 0 Å². The number of nitrogens with one attached hydrogen (secondary N) is 1. The van der Waals surface area contributed by atoms with Crippen molar-refractivity contribution in [2.24, 2.45) is 11.7 Å². The van der Waals surface area contributed by atoms with Crippen molar-refractivity contribution in [1.29, 1.82) is 0 Å². The first kappa shape index (κ1) is 15.2. The van der Waals surface area contributed by atoms with Crippen LogP contribution in [0.2, 0.25) is 5.02 Å². The number of hydrogen-bond acceptors (Lipinski definition) is 3. The molecule has 1 saturated carbocycles. The fourth-order valence-electron chi connectivity index (χ4n) is 2.61. The quantitative estimate of drug-likeness (QED) is 0.839. The number of carbonyl (C=O) groups is 1. The molecule has 4 nitrogen and oxygen atoms in total. The number of halogens is 1.